The standard InChI is InChI=1S/C11H12ClNO2/c12-10-8-9(4-5-13-10)2-1-3-11-14-6-7-15-11/h1-2,4-5,8,11H,3,6-7H2. The van der Waals surface area contributed by atoms with E-state index in [0.717, 1.165) is 12.0 Å². The molecule has 0 radical (unpaired) electrons. The Bertz CT molecular complexity index is 348. The zero-order valence-corrected chi connectivity index (χ0v) is 8.98. The zero-order chi connectivity index (χ0) is 10.5. The van der Waals surface area contributed by atoms with Gasteiger partial charge in [0.1, 0.15) is 5.15 Å². The van der Waals surface area contributed by atoms with Crippen LogP contribution in [0.2, 0.25) is 5.15 Å². The van der Waals surface area contributed by atoms with E-state index in [2.05, 4.69) is 4.98 Å². The van der Waals surface area contributed by atoms with Crippen LogP contribution in [0.5, 0.6) is 0 Å². The topological polar surface area (TPSA) is 31.4 Å². The molecule has 0 saturated carbocycles. The van der Waals surface area contributed by atoms with Crippen LogP contribution in [0, 0.1) is 0 Å². The van der Waals surface area contributed by atoms with Crippen LogP contribution in [0.1, 0.15) is 12.0 Å². The average Bonchev–Trinajstić information content (AvgIpc) is 2.71. The first kappa shape index (κ1) is 10.6. The van der Waals surface area contributed by atoms with E-state index in [1.807, 2.05) is 24.3 Å². The van der Waals surface area contributed by atoms with Crippen LogP contribution in [0.15, 0.2) is 24.4 Å². The Morgan fingerprint density at radius 1 is 1.47 bits per heavy atom. The molecule has 1 aliphatic rings. The van der Waals surface area contributed by atoms with Gasteiger partial charge in [-0.3, -0.25) is 0 Å². The van der Waals surface area contributed by atoms with E-state index >= 15 is 0 Å². The molecule has 4 heteroatoms. The Balaban J connectivity index is 1.87. The molecule has 1 aromatic heterocycles. The summed E-state index contributed by atoms with van der Waals surface area (Å²) in [6, 6.07) is 3.72. The zero-order valence-electron chi connectivity index (χ0n) is 8.23. The maximum Gasteiger partial charge on any atom is 0.161 e. The predicted molar refractivity (Wildman–Crippen MR) is 58.6 cm³/mol. The second-order valence-corrected chi connectivity index (χ2v) is 3.61. The molecular formula is C11H12ClNO2. The van der Waals surface area contributed by atoms with E-state index in [1.54, 1.807) is 6.20 Å². The fourth-order valence-corrected chi connectivity index (χ4v) is 1.56. The minimum Gasteiger partial charge on any atom is -0.350 e. The van der Waals surface area contributed by atoms with Gasteiger partial charge in [-0.2, -0.15) is 0 Å². The lowest BCUT2D eigenvalue weighted by molar-refractivity contribution is -0.0379. The first-order valence-corrected chi connectivity index (χ1v) is 5.24. The smallest absolute Gasteiger partial charge is 0.161 e. The Morgan fingerprint density at radius 3 is 3.00 bits per heavy atom. The van der Waals surface area contributed by atoms with Gasteiger partial charge in [0.25, 0.3) is 0 Å². The van der Waals surface area contributed by atoms with E-state index in [-0.39, 0.29) is 6.29 Å². The molecule has 1 fully saturated rings. The molecule has 0 amide bonds. The van der Waals surface area contributed by atoms with Crippen LogP contribution in [0.25, 0.3) is 6.08 Å². The van der Waals surface area contributed by atoms with Crippen LogP contribution < -0.4 is 0 Å². The van der Waals surface area contributed by atoms with Gasteiger partial charge < -0.3 is 9.47 Å². The third-order valence-electron chi connectivity index (χ3n) is 2.08. The van der Waals surface area contributed by atoms with Crippen molar-refractivity contribution in [2.75, 3.05) is 13.2 Å². The monoisotopic (exact) mass is 225 g/mol. The molecule has 2 rings (SSSR count). The Morgan fingerprint density at radius 2 is 2.27 bits per heavy atom. The third kappa shape index (κ3) is 3.30. The molecule has 0 spiro atoms. The maximum absolute atomic E-state index is 5.76. The summed E-state index contributed by atoms with van der Waals surface area (Å²) in [5.41, 5.74) is 1.04. The number of hydrogen-bond acceptors (Lipinski definition) is 3. The van der Waals surface area contributed by atoms with Gasteiger partial charge in [0.05, 0.1) is 13.2 Å². The summed E-state index contributed by atoms with van der Waals surface area (Å²) in [5, 5.41) is 0.505. The van der Waals surface area contributed by atoms with Gasteiger partial charge in [-0.05, 0) is 17.7 Å². The first-order chi connectivity index (χ1) is 7.34. The highest BCUT2D eigenvalue weighted by Crippen LogP contribution is 2.12. The van der Waals surface area contributed by atoms with Crippen LogP contribution in [0.3, 0.4) is 0 Å². The van der Waals surface area contributed by atoms with Crippen molar-refractivity contribution < 1.29 is 9.47 Å². The number of halogens is 1. The van der Waals surface area contributed by atoms with E-state index in [9.17, 15) is 0 Å². The quantitative estimate of drug-likeness (QED) is 0.741. The molecule has 80 valence electrons. The number of hydrogen-bond donors (Lipinski definition) is 0. The molecule has 15 heavy (non-hydrogen) atoms. The molecule has 3 nitrogen and oxygen atoms in total. The lowest BCUT2D eigenvalue weighted by Gasteiger charge is -2.03. The molecule has 1 aliphatic heterocycles. The van der Waals surface area contributed by atoms with Gasteiger partial charge in [-0.15, -0.1) is 0 Å². The summed E-state index contributed by atoms with van der Waals surface area (Å²) < 4.78 is 10.6. The summed E-state index contributed by atoms with van der Waals surface area (Å²) in [6.07, 6.45) is 6.36. The summed E-state index contributed by atoms with van der Waals surface area (Å²) in [6.45, 7) is 1.39. The Hall–Kier alpha value is -0.900. The van der Waals surface area contributed by atoms with Crippen molar-refractivity contribution in [2.24, 2.45) is 0 Å². The highest BCUT2D eigenvalue weighted by molar-refractivity contribution is 6.29. The van der Waals surface area contributed by atoms with Gasteiger partial charge in [0.2, 0.25) is 0 Å². The molecule has 0 unspecified atom stereocenters. The molecule has 0 bridgehead atoms. The average molecular weight is 226 g/mol. The molecule has 0 N–H and O–H groups in total. The summed E-state index contributed by atoms with van der Waals surface area (Å²) in [7, 11) is 0. The lowest BCUT2D eigenvalue weighted by Crippen LogP contribution is -2.04. The number of ether oxygens (including phenoxy) is 2. The van der Waals surface area contributed by atoms with E-state index in [1.165, 1.54) is 0 Å². The van der Waals surface area contributed by atoms with Gasteiger partial charge in [-0.25, -0.2) is 4.98 Å². The Kier molecular flexibility index (Phi) is 3.72. The highest BCUT2D eigenvalue weighted by atomic mass is 35.5. The van der Waals surface area contributed by atoms with Crippen LogP contribution in [0.4, 0.5) is 0 Å². The van der Waals surface area contributed by atoms with E-state index in [0.29, 0.717) is 18.4 Å². The highest BCUT2D eigenvalue weighted by Gasteiger charge is 2.13. The third-order valence-corrected chi connectivity index (χ3v) is 2.29. The second kappa shape index (κ2) is 5.26. The largest absolute Gasteiger partial charge is 0.350 e. The van der Waals surface area contributed by atoms with Crippen molar-refractivity contribution in [3.05, 3.63) is 35.1 Å². The molecular weight excluding hydrogens is 214 g/mol. The molecule has 0 aliphatic carbocycles. The molecule has 2 heterocycles. The number of nitrogens with zero attached hydrogens (tertiary/aromatic N) is 1. The fraction of sp³-hybridized carbons (Fsp3) is 0.364. The normalized spacial score (nSPS) is 17.7. The SMILES string of the molecule is Clc1cc(C=CCC2OCCO2)ccn1. The van der Waals surface area contributed by atoms with Crippen molar-refractivity contribution in [1.29, 1.82) is 0 Å². The minimum atomic E-state index is -0.0847. The summed E-state index contributed by atoms with van der Waals surface area (Å²) in [5.74, 6) is 0. The van der Waals surface area contributed by atoms with E-state index < -0.39 is 0 Å². The van der Waals surface area contributed by atoms with E-state index in [4.69, 9.17) is 21.1 Å². The van der Waals surface area contributed by atoms with Crippen molar-refractivity contribution in [1.82, 2.24) is 4.98 Å². The summed E-state index contributed by atoms with van der Waals surface area (Å²) in [4.78, 5) is 3.91. The number of pyridine rings is 1. The fourth-order valence-electron chi connectivity index (χ4n) is 1.38. The van der Waals surface area contributed by atoms with Gasteiger partial charge in [0, 0.05) is 12.6 Å². The Labute approximate surface area is 93.7 Å². The minimum absolute atomic E-state index is 0.0847. The molecule has 1 aromatic rings. The van der Waals surface area contributed by atoms with Crippen molar-refractivity contribution >= 4 is 17.7 Å². The van der Waals surface area contributed by atoms with Gasteiger partial charge >= 0.3 is 0 Å². The van der Waals surface area contributed by atoms with Crippen LogP contribution in [-0.4, -0.2) is 24.5 Å². The number of aromatic nitrogens is 1. The second-order valence-electron chi connectivity index (χ2n) is 3.22. The van der Waals surface area contributed by atoms with Crippen LogP contribution in [-0.2, 0) is 9.47 Å². The predicted octanol–water partition coefficient (Wildman–Crippen LogP) is 2.51. The maximum atomic E-state index is 5.76. The summed E-state index contributed by atoms with van der Waals surface area (Å²) >= 11 is 5.76. The molecule has 1 saturated heterocycles. The first-order valence-electron chi connectivity index (χ1n) is 4.86. The van der Waals surface area contributed by atoms with Crippen molar-refractivity contribution in [2.45, 2.75) is 12.7 Å². The van der Waals surface area contributed by atoms with Crippen molar-refractivity contribution in [3.63, 3.8) is 0 Å². The van der Waals surface area contributed by atoms with Gasteiger partial charge in [0.15, 0.2) is 6.29 Å². The molecule has 0 aromatic carbocycles. The number of rotatable bonds is 3. The lowest BCUT2D eigenvalue weighted by atomic mass is 10.2. The van der Waals surface area contributed by atoms with Crippen molar-refractivity contribution in [3.8, 4) is 0 Å². The molecule has 0 atom stereocenters. The van der Waals surface area contributed by atoms with Gasteiger partial charge in [-0.1, -0.05) is 23.8 Å². The van der Waals surface area contributed by atoms with Crippen LogP contribution >= 0.6 is 11.6 Å².